The molecule has 1 aromatic heterocycles. The van der Waals surface area contributed by atoms with Crippen LogP contribution in [0, 0.1) is 0 Å². The third-order valence-corrected chi connectivity index (χ3v) is 1.21. The molecule has 0 bridgehead atoms. The quantitative estimate of drug-likeness (QED) is 0.572. The summed E-state index contributed by atoms with van der Waals surface area (Å²) >= 11 is 5.44. The van der Waals surface area contributed by atoms with Crippen molar-refractivity contribution in [1.82, 2.24) is 4.98 Å². The van der Waals surface area contributed by atoms with Gasteiger partial charge in [0.1, 0.15) is 0 Å². The lowest BCUT2D eigenvalue weighted by molar-refractivity contribution is 0.476. The van der Waals surface area contributed by atoms with Crippen molar-refractivity contribution >= 4 is 17.4 Å². The number of halogens is 1. The van der Waals surface area contributed by atoms with Gasteiger partial charge in [0.05, 0.1) is 5.02 Å². The minimum absolute atomic E-state index is 0.0579. The molecule has 3 nitrogen and oxygen atoms in total. The van der Waals surface area contributed by atoms with Gasteiger partial charge in [-0.05, 0) is 6.07 Å². The van der Waals surface area contributed by atoms with Crippen LogP contribution in [0.15, 0.2) is 12.3 Å². The van der Waals surface area contributed by atoms with E-state index in [0.717, 1.165) is 0 Å². The molecule has 0 aliphatic rings. The molecule has 0 aromatic carbocycles. The van der Waals surface area contributed by atoms with E-state index in [0.29, 0.717) is 0 Å². The van der Waals surface area contributed by atoms with Crippen molar-refractivity contribution in [2.24, 2.45) is 0 Å². The molecule has 0 amide bonds. The Morgan fingerprint density at radius 3 is 2.78 bits per heavy atom. The first-order valence-electron chi connectivity index (χ1n) is 2.31. The summed E-state index contributed by atoms with van der Waals surface area (Å²) in [4.78, 5) is 3.58. The summed E-state index contributed by atoms with van der Waals surface area (Å²) in [6.07, 6.45) is 1.43. The summed E-state index contributed by atoms with van der Waals surface area (Å²) < 4.78 is 0. The van der Waals surface area contributed by atoms with Crippen molar-refractivity contribution in [3.8, 4) is 5.75 Å². The maximum absolute atomic E-state index is 8.89. The first kappa shape index (κ1) is 6.16. The molecule has 48 valence electrons. The smallest absolute Gasteiger partial charge is 0.176 e. The number of hydrogen-bond acceptors (Lipinski definition) is 3. The number of nitrogen functional groups attached to an aromatic ring is 1. The number of pyridine rings is 1. The Morgan fingerprint density at radius 2 is 2.33 bits per heavy atom. The second-order valence-corrected chi connectivity index (χ2v) is 1.93. The maximum Gasteiger partial charge on any atom is 0.176 e. The molecule has 1 heterocycles. The molecule has 0 unspecified atom stereocenters. The molecule has 1 rings (SSSR count). The van der Waals surface area contributed by atoms with Crippen LogP contribution in [0.3, 0.4) is 0 Å². The lowest BCUT2D eigenvalue weighted by Gasteiger charge is -1.96. The first-order chi connectivity index (χ1) is 4.22. The largest absolute Gasteiger partial charge is 0.503 e. The summed E-state index contributed by atoms with van der Waals surface area (Å²) in [5.74, 6) is -0.0957. The van der Waals surface area contributed by atoms with Crippen LogP contribution in [-0.4, -0.2) is 10.1 Å². The molecule has 0 aliphatic heterocycles. The summed E-state index contributed by atoms with van der Waals surface area (Å²) in [5.41, 5.74) is 5.18. The zero-order valence-electron chi connectivity index (χ0n) is 4.50. The van der Waals surface area contributed by atoms with E-state index in [1.54, 1.807) is 0 Å². The second kappa shape index (κ2) is 2.11. The first-order valence-corrected chi connectivity index (χ1v) is 2.68. The fourth-order valence-corrected chi connectivity index (χ4v) is 0.599. The van der Waals surface area contributed by atoms with Crippen LogP contribution >= 0.6 is 11.6 Å². The van der Waals surface area contributed by atoms with Gasteiger partial charge in [-0.2, -0.15) is 0 Å². The summed E-state index contributed by atoms with van der Waals surface area (Å²) in [7, 11) is 0. The highest BCUT2D eigenvalue weighted by molar-refractivity contribution is 6.32. The molecular formula is C5H5ClN2O. The average molecular weight is 145 g/mol. The Balaban J connectivity index is 3.25. The third-order valence-electron chi connectivity index (χ3n) is 0.903. The van der Waals surface area contributed by atoms with E-state index in [4.69, 9.17) is 22.4 Å². The van der Waals surface area contributed by atoms with Gasteiger partial charge in [-0.25, -0.2) is 4.98 Å². The van der Waals surface area contributed by atoms with Crippen LogP contribution in [0.2, 0.25) is 5.02 Å². The topological polar surface area (TPSA) is 59.1 Å². The molecule has 0 aliphatic carbocycles. The highest BCUT2D eigenvalue weighted by atomic mass is 35.5. The fourth-order valence-electron chi connectivity index (χ4n) is 0.445. The highest BCUT2D eigenvalue weighted by Gasteiger charge is 1.99. The molecule has 0 fully saturated rings. The fraction of sp³-hybridized carbons (Fsp3) is 0. The number of aromatic hydroxyl groups is 1. The zero-order valence-corrected chi connectivity index (χ0v) is 5.26. The van der Waals surface area contributed by atoms with Gasteiger partial charge in [-0.3, -0.25) is 0 Å². The number of anilines is 1. The molecule has 4 heteroatoms. The summed E-state index contributed by atoms with van der Waals surface area (Å²) in [6, 6.07) is 1.47. The van der Waals surface area contributed by atoms with Crippen molar-refractivity contribution in [2.45, 2.75) is 0 Å². The van der Waals surface area contributed by atoms with E-state index < -0.39 is 0 Å². The van der Waals surface area contributed by atoms with Crippen molar-refractivity contribution in [2.75, 3.05) is 5.73 Å². The van der Waals surface area contributed by atoms with Gasteiger partial charge < -0.3 is 10.8 Å². The third kappa shape index (κ3) is 1.05. The lowest BCUT2D eigenvalue weighted by atomic mass is 10.4. The lowest BCUT2D eigenvalue weighted by Crippen LogP contribution is -1.88. The second-order valence-electron chi connectivity index (χ2n) is 1.53. The molecular weight excluding hydrogens is 140 g/mol. The minimum atomic E-state index is -0.154. The van der Waals surface area contributed by atoms with Crippen LogP contribution < -0.4 is 5.73 Å². The number of aromatic nitrogens is 1. The Kier molecular flexibility index (Phi) is 1.44. The SMILES string of the molecule is Nc1nccc(Cl)c1O. The van der Waals surface area contributed by atoms with Gasteiger partial charge in [-0.1, -0.05) is 11.6 Å². The number of rotatable bonds is 0. The van der Waals surface area contributed by atoms with Crippen LogP contribution in [-0.2, 0) is 0 Å². The molecule has 0 radical (unpaired) electrons. The van der Waals surface area contributed by atoms with Crippen LogP contribution in [0.5, 0.6) is 5.75 Å². The van der Waals surface area contributed by atoms with E-state index in [2.05, 4.69) is 4.98 Å². The van der Waals surface area contributed by atoms with Crippen LogP contribution in [0.1, 0.15) is 0 Å². The molecule has 0 atom stereocenters. The Labute approximate surface area is 57.1 Å². The Bertz CT molecular complexity index is 206. The molecule has 0 saturated carbocycles. The van der Waals surface area contributed by atoms with Gasteiger partial charge in [0, 0.05) is 6.20 Å². The van der Waals surface area contributed by atoms with Crippen molar-refractivity contribution in [3.63, 3.8) is 0 Å². The maximum atomic E-state index is 8.89. The van der Waals surface area contributed by atoms with Crippen molar-refractivity contribution < 1.29 is 5.11 Å². The van der Waals surface area contributed by atoms with E-state index in [-0.39, 0.29) is 16.6 Å². The number of hydrogen-bond donors (Lipinski definition) is 2. The van der Waals surface area contributed by atoms with E-state index in [9.17, 15) is 0 Å². The molecule has 1 aromatic rings. The highest BCUT2D eigenvalue weighted by Crippen LogP contribution is 2.25. The Morgan fingerprint density at radius 1 is 1.67 bits per heavy atom. The Hall–Kier alpha value is -0.960. The molecule has 0 saturated heterocycles. The van der Waals surface area contributed by atoms with Crippen molar-refractivity contribution in [3.05, 3.63) is 17.3 Å². The molecule has 0 spiro atoms. The van der Waals surface area contributed by atoms with Crippen molar-refractivity contribution in [1.29, 1.82) is 0 Å². The monoisotopic (exact) mass is 144 g/mol. The predicted octanol–water partition coefficient (Wildman–Crippen LogP) is 1.02. The standard InChI is InChI=1S/C5H5ClN2O/c6-3-1-2-8-5(7)4(3)9/h1-2,9H,(H2,7,8). The van der Waals surface area contributed by atoms with Gasteiger partial charge in [0.15, 0.2) is 11.6 Å². The van der Waals surface area contributed by atoms with E-state index in [1.807, 2.05) is 0 Å². The normalized spacial score (nSPS) is 9.44. The number of nitrogens with zero attached hydrogens (tertiary/aromatic N) is 1. The van der Waals surface area contributed by atoms with Gasteiger partial charge >= 0.3 is 0 Å². The van der Waals surface area contributed by atoms with Gasteiger partial charge in [-0.15, -0.1) is 0 Å². The van der Waals surface area contributed by atoms with Crippen LogP contribution in [0.4, 0.5) is 5.82 Å². The summed E-state index contributed by atoms with van der Waals surface area (Å²) in [6.45, 7) is 0. The summed E-state index contributed by atoms with van der Waals surface area (Å²) in [5, 5.41) is 9.11. The average Bonchev–Trinajstić information content (AvgIpc) is 1.83. The van der Waals surface area contributed by atoms with Gasteiger partial charge in [0.25, 0.3) is 0 Å². The minimum Gasteiger partial charge on any atom is -0.503 e. The molecule has 9 heavy (non-hydrogen) atoms. The van der Waals surface area contributed by atoms with Gasteiger partial charge in [0.2, 0.25) is 0 Å². The predicted molar refractivity (Wildman–Crippen MR) is 35.3 cm³/mol. The number of nitrogens with two attached hydrogens (primary N) is 1. The van der Waals surface area contributed by atoms with E-state index in [1.165, 1.54) is 12.3 Å². The zero-order chi connectivity index (χ0) is 6.85. The van der Waals surface area contributed by atoms with Crippen LogP contribution in [0.25, 0.3) is 0 Å². The van der Waals surface area contributed by atoms with E-state index >= 15 is 0 Å². The molecule has 3 N–H and O–H groups in total.